The lowest BCUT2D eigenvalue weighted by Gasteiger charge is -2.38. The third-order valence-corrected chi connectivity index (χ3v) is 11.8. The predicted molar refractivity (Wildman–Crippen MR) is 151 cm³/mol. The number of hydrogen-bond acceptors (Lipinski definition) is 6. The van der Waals surface area contributed by atoms with Gasteiger partial charge in [-0.3, -0.25) is 14.6 Å². The minimum absolute atomic E-state index is 0.00511. The van der Waals surface area contributed by atoms with Gasteiger partial charge in [0.25, 0.3) is 0 Å². The number of amides is 3. The smallest absolute Gasteiger partial charge is 0.414 e. The van der Waals surface area contributed by atoms with E-state index in [-0.39, 0.29) is 54.0 Å². The van der Waals surface area contributed by atoms with Gasteiger partial charge in [0.1, 0.15) is 23.3 Å². The van der Waals surface area contributed by atoms with Gasteiger partial charge >= 0.3 is 12.2 Å². The Hall–Kier alpha value is -2.99. The van der Waals surface area contributed by atoms with Crippen molar-refractivity contribution in [1.29, 1.82) is 0 Å². The highest BCUT2D eigenvalue weighted by molar-refractivity contribution is 6.74. The molecule has 1 aromatic carbocycles. The molecule has 0 aromatic heterocycles. The van der Waals surface area contributed by atoms with Crippen molar-refractivity contribution in [3.05, 3.63) is 35.4 Å². The standard InChI is InChI=1S/C28H41F2N3O6Si/c1-17(34)31-13-21-15-33(25(35)38-21)19-11-22(29)24(23(30)12-19)18-10-20(16-37-40(8,9)28(5,6)7)32(14-18)26(36)39-27(2,3)4/h10-12,20-21H,13-16H2,1-9H3,(H,31,34)/t20-,21-/m0/s1. The maximum Gasteiger partial charge on any atom is 0.414 e. The summed E-state index contributed by atoms with van der Waals surface area (Å²) in [6.45, 7) is 17.3. The number of nitrogens with zero attached hydrogens (tertiary/aromatic N) is 2. The number of carbonyl (C=O) groups excluding carboxylic acids is 3. The second-order valence-electron chi connectivity index (χ2n) is 12.8. The molecule has 3 rings (SSSR count). The third-order valence-electron chi connectivity index (χ3n) is 7.30. The molecule has 0 bridgehead atoms. The molecule has 0 radical (unpaired) electrons. The minimum Gasteiger partial charge on any atom is -0.444 e. The molecule has 0 spiro atoms. The Labute approximate surface area is 235 Å². The molecule has 222 valence electrons. The van der Waals surface area contributed by atoms with E-state index in [0.717, 1.165) is 17.0 Å². The van der Waals surface area contributed by atoms with Crippen molar-refractivity contribution >= 4 is 37.7 Å². The first-order chi connectivity index (χ1) is 18.3. The fraction of sp³-hybridized carbons (Fsp3) is 0.607. The molecule has 2 aliphatic heterocycles. The van der Waals surface area contributed by atoms with E-state index in [1.54, 1.807) is 26.8 Å². The van der Waals surface area contributed by atoms with Crippen molar-refractivity contribution in [3.8, 4) is 0 Å². The first-order valence-electron chi connectivity index (χ1n) is 13.4. The van der Waals surface area contributed by atoms with Crippen LogP contribution < -0.4 is 10.2 Å². The summed E-state index contributed by atoms with van der Waals surface area (Å²) in [6.07, 6.45) is -0.374. The normalized spacial score (nSPS) is 20.0. The maximum absolute atomic E-state index is 15.5. The van der Waals surface area contributed by atoms with Gasteiger partial charge in [0, 0.05) is 6.92 Å². The van der Waals surface area contributed by atoms with Crippen LogP contribution in [0.5, 0.6) is 0 Å². The molecule has 0 unspecified atom stereocenters. The van der Waals surface area contributed by atoms with Crippen molar-refractivity contribution in [2.45, 2.75) is 84.3 Å². The lowest BCUT2D eigenvalue weighted by Crippen LogP contribution is -2.47. The van der Waals surface area contributed by atoms with Crippen molar-refractivity contribution in [2.75, 3.05) is 31.1 Å². The second kappa shape index (κ2) is 11.5. The highest BCUT2D eigenvalue weighted by Gasteiger charge is 2.41. The number of cyclic esters (lactones) is 1. The number of hydrogen-bond donors (Lipinski definition) is 1. The number of nitrogens with one attached hydrogen (secondary N) is 1. The largest absolute Gasteiger partial charge is 0.444 e. The Bertz CT molecular complexity index is 1170. The van der Waals surface area contributed by atoms with E-state index < -0.39 is 49.9 Å². The van der Waals surface area contributed by atoms with E-state index >= 15 is 8.78 Å². The van der Waals surface area contributed by atoms with Crippen LogP contribution in [0.25, 0.3) is 5.57 Å². The zero-order chi connectivity index (χ0) is 30.2. The summed E-state index contributed by atoms with van der Waals surface area (Å²) >= 11 is 0. The predicted octanol–water partition coefficient (Wildman–Crippen LogP) is 5.45. The van der Waals surface area contributed by atoms with E-state index in [1.165, 1.54) is 11.8 Å². The molecule has 2 heterocycles. The van der Waals surface area contributed by atoms with Gasteiger partial charge in [-0.1, -0.05) is 26.8 Å². The topological polar surface area (TPSA) is 97.4 Å². The molecule has 12 heteroatoms. The van der Waals surface area contributed by atoms with Crippen LogP contribution in [0.4, 0.5) is 24.1 Å². The van der Waals surface area contributed by atoms with Crippen molar-refractivity contribution in [2.24, 2.45) is 0 Å². The molecule has 1 saturated heterocycles. The Morgan fingerprint density at radius 2 is 1.73 bits per heavy atom. The Morgan fingerprint density at radius 1 is 1.12 bits per heavy atom. The molecule has 1 aromatic rings. The number of anilines is 1. The number of benzene rings is 1. The SMILES string of the molecule is CC(=O)NC[C@H]1CN(c2cc(F)c(C3=C[C@@H](CO[Si](C)(C)C(C)(C)C)N(C(=O)OC(C)(C)C)C3)c(F)c2)C(=O)O1. The summed E-state index contributed by atoms with van der Waals surface area (Å²) < 4.78 is 48.1. The van der Waals surface area contributed by atoms with Gasteiger partial charge < -0.3 is 19.2 Å². The summed E-state index contributed by atoms with van der Waals surface area (Å²) in [5.41, 5.74) is -0.766. The molecule has 2 aliphatic rings. The zero-order valence-electron chi connectivity index (χ0n) is 24.8. The molecule has 3 amide bonds. The van der Waals surface area contributed by atoms with Gasteiger partial charge in [0.15, 0.2) is 8.32 Å². The first kappa shape index (κ1) is 31.5. The van der Waals surface area contributed by atoms with Gasteiger partial charge in [0.2, 0.25) is 5.91 Å². The molecular formula is C28H41F2N3O6Si. The molecule has 0 aliphatic carbocycles. The van der Waals surface area contributed by atoms with Gasteiger partial charge in [0.05, 0.1) is 43.5 Å². The van der Waals surface area contributed by atoms with Gasteiger partial charge in [-0.25, -0.2) is 18.4 Å². The Morgan fingerprint density at radius 3 is 2.25 bits per heavy atom. The zero-order valence-corrected chi connectivity index (χ0v) is 25.8. The molecule has 0 saturated carbocycles. The van der Waals surface area contributed by atoms with Crippen LogP contribution in [0.15, 0.2) is 18.2 Å². The van der Waals surface area contributed by atoms with E-state index in [0.29, 0.717) is 0 Å². The number of halogens is 2. The molecule has 9 nitrogen and oxygen atoms in total. The summed E-state index contributed by atoms with van der Waals surface area (Å²) in [7, 11) is -2.18. The lowest BCUT2D eigenvalue weighted by atomic mass is 10.0. The van der Waals surface area contributed by atoms with Gasteiger partial charge in [-0.2, -0.15) is 0 Å². The van der Waals surface area contributed by atoms with Crippen LogP contribution in [0.1, 0.15) is 54.0 Å². The van der Waals surface area contributed by atoms with Gasteiger partial charge in [-0.15, -0.1) is 0 Å². The van der Waals surface area contributed by atoms with Crippen LogP contribution in [0.2, 0.25) is 18.1 Å². The fourth-order valence-corrected chi connectivity index (χ4v) is 5.15. The number of rotatable bonds is 7. The summed E-state index contributed by atoms with van der Waals surface area (Å²) in [4.78, 5) is 39.2. The molecule has 40 heavy (non-hydrogen) atoms. The first-order valence-corrected chi connectivity index (χ1v) is 16.3. The van der Waals surface area contributed by atoms with E-state index in [9.17, 15) is 14.4 Å². The van der Waals surface area contributed by atoms with Crippen molar-refractivity contribution in [3.63, 3.8) is 0 Å². The number of carbonyl (C=O) groups is 3. The van der Waals surface area contributed by atoms with Crippen molar-refractivity contribution in [1.82, 2.24) is 10.2 Å². The summed E-state index contributed by atoms with van der Waals surface area (Å²) in [6, 6.07) is 1.55. The highest BCUT2D eigenvalue weighted by Crippen LogP contribution is 2.38. The van der Waals surface area contributed by atoms with Gasteiger partial charge in [-0.05, 0) is 56.6 Å². The molecule has 1 fully saturated rings. The quantitative estimate of drug-likeness (QED) is 0.430. The minimum atomic E-state index is -2.18. The third kappa shape index (κ3) is 7.39. The van der Waals surface area contributed by atoms with E-state index in [4.69, 9.17) is 13.9 Å². The van der Waals surface area contributed by atoms with Crippen LogP contribution >= 0.6 is 0 Å². The summed E-state index contributed by atoms with van der Waals surface area (Å²) in [5.74, 6) is -2.04. The van der Waals surface area contributed by atoms with Crippen LogP contribution in [-0.2, 0) is 18.7 Å². The van der Waals surface area contributed by atoms with E-state index in [1.807, 2.05) is 0 Å². The van der Waals surface area contributed by atoms with Crippen LogP contribution in [-0.4, -0.2) is 75.3 Å². The lowest BCUT2D eigenvalue weighted by molar-refractivity contribution is -0.119. The van der Waals surface area contributed by atoms with Crippen LogP contribution in [0.3, 0.4) is 0 Å². The monoisotopic (exact) mass is 581 g/mol. The Kier molecular flexibility index (Phi) is 9.05. The Balaban J connectivity index is 1.88. The fourth-order valence-electron chi connectivity index (χ4n) is 4.13. The van der Waals surface area contributed by atoms with Crippen LogP contribution in [0, 0.1) is 11.6 Å². The summed E-state index contributed by atoms with van der Waals surface area (Å²) in [5, 5.41) is 2.49. The van der Waals surface area contributed by atoms with Crippen molar-refractivity contribution < 1.29 is 37.1 Å². The molecule has 1 N–H and O–H groups in total. The molecular weight excluding hydrogens is 540 g/mol. The van der Waals surface area contributed by atoms with E-state index in [2.05, 4.69) is 39.2 Å². The highest BCUT2D eigenvalue weighted by atomic mass is 28.4. The maximum atomic E-state index is 15.5. The molecule has 2 atom stereocenters. The number of ether oxygens (including phenoxy) is 2. The average Bonchev–Trinajstić information content (AvgIpc) is 3.37. The average molecular weight is 582 g/mol. The second-order valence-corrected chi connectivity index (χ2v) is 17.6.